The molecule has 2 nitrogen and oxygen atoms in total. The third-order valence-electron chi connectivity index (χ3n) is 1.48. The van der Waals surface area contributed by atoms with Crippen molar-refractivity contribution in [3.05, 3.63) is 34.9 Å². The Labute approximate surface area is 86.5 Å². The smallest absolute Gasteiger partial charge is 0.202 e. The lowest BCUT2D eigenvalue weighted by molar-refractivity contribution is -0.109. The predicted octanol–water partition coefficient (Wildman–Crippen LogP) is 2.06. The van der Waals surface area contributed by atoms with Crippen LogP contribution in [0, 0.1) is 0 Å². The van der Waals surface area contributed by atoms with Crippen LogP contribution in [0.15, 0.2) is 24.3 Å². The molecule has 0 saturated carbocycles. The zero-order chi connectivity index (χ0) is 9.68. The Morgan fingerprint density at radius 3 is 2.54 bits per heavy atom. The highest BCUT2D eigenvalue weighted by molar-refractivity contribution is 8.13. The minimum absolute atomic E-state index is 0.00921. The fourth-order valence-electron chi connectivity index (χ4n) is 0.803. The summed E-state index contributed by atoms with van der Waals surface area (Å²) in [5, 5.41) is 0.717. The Balaban J connectivity index is 2.46. The van der Waals surface area contributed by atoms with Crippen LogP contribution in [-0.2, 0) is 10.5 Å². The first-order valence-electron chi connectivity index (χ1n) is 3.82. The fourth-order valence-corrected chi connectivity index (χ4v) is 1.57. The van der Waals surface area contributed by atoms with Crippen LogP contribution >= 0.6 is 23.4 Å². The van der Waals surface area contributed by atoms with Gasteiger partial charge in [-0.3, -0.25) is 4.79 Å². The molecule has 0 radical (unpaired) electrons. The van der Waals surface area contributed by atoms with Crippen LogP contribution < -0.4 is 5.73 Å². The van der Waals surface area contributed by atoms with E-state index in [4.69, 9.17) is 17.3 Å². The first-order valence-corrected chi connectivity index (χ1v) is 5.19. The quantitative estimate of drug-likeness (QED) is 0.840. The van der Waals surface area contributed by atoms with Crippen molar-refractivity contribution in [3.8, 4) is 0 Å². The van der Waals surface area contributed by atoms with Crippen LogP contribution in [0.5, 0.6) is 0 Å². The lowest BCUT2D eigenvalue weighted by Gasteiger charge is -1.99. The van der Waals surface area contributed by atoms with E-state index < -0.39 is 0 Å². The van der Waals surface area contributed by atoms with E-state index in [9.17, 15) is 4.79 Å². The average molecular weight is 216 g/mol. The van der Waals surface area contributed by atoms with E-state index in [1.807, 2.05) is 24.3 Å². The highest BCUT2D eigenvalue weighted by Gasteiger charge is 1.99. The van der Waals surface area contributed by atoms with Gasteiger partial charge in [0.1, 0.15) is 0 Å². The standard InChI is InChI=1S/C9H10ClNOS/c10-8-3-1-7(2-4-8)6-13-9(12)5-11/h1-4H,5-6,11H2. The van der Waals surface area contributed by atoms with Crippen molar-refractivity contribution in [2.24, 2.45) is 5.73 Å². The molecule has 0 heterocycles. The molecule has 0 saturated heterocycles. The number of hydrogen-bond acceptors (Lipinski definition) is 3. The van der Waals surface area contributed by atoms with Gasteiger partial charge in [0.25, 0.3) is 0 Å². The van der Waals surface area contributed by atoms with Crippen molar-refractivity contribution >= 4 is 28.5 Å². The summed E-state index contributed by atoms with van der Waals surface area (Å²) in [5.41, 5.74) is 6.25. The molecule has 70 valence electrons. The van der Waals surface area contributed by atoms with Gasteiger partial charge in [-0.25, -0.2) is 0 Å². The van der Waals surface area contributed by atoms with E-state index in [2.05, 4.69) is 0 Å². The molecule has 0 spiro atoms. The topological polar surface area (TPSA) is 43.1 Å². The van der Waals surface area contributed by atoms with Gasteiger partial charge in [-0.15, -0.1) is 0 Å². The maximum atomic E-state index is 10.9. The molecular weight excluding hydrogens is 206 g/mol. The normalized spacial score (nSPS) is 10.0. The molecule has 4 heteroatoms. The maximum Gasteiger partial charge on any atom is 0.202 e. The molecule has 0 aliphatic heterocycles. The number of carbonyl (C=O) groups is 1. The number of thioether (sulfide) groups is 1. The van der Waals surface area contributed by atoms with E-state index in [1.54, 1.807) is 0 Å². The van der Waals surface area contributed by atoms with Crippen molar-refractivity contribution in [1.82, 2.24) is 0 Å². The Morgan fingerprint density at radius 1 is 1.38 bits per heavy atom. The summed E-state index contributed by atoms with van der Waals surface area (Å²) >= 11 is 6.94. The summed E-state index contributed by atoms with van der Waals surface area (Å²) in [5.74, 6) is 0.660. The van der Waals surface area contributed by atoms with Crippen molar-refractivity contribution in [1.29, 1.82) is 0 Å². The molecule has 0 aromatic heterocycles. The minimum atomic E-state index is 0.00921. The van der Waals surface area contributed by atoms with Gasteiger partial charge in [-0.1, -0.05) is 35.5 Å². The zero-order valence-corrected chi connectivity index (χ0v) is 8.57. The van der Waals surface area contributed by atoms with Crippen LogP contribution in [0.4, 0.5) is 0 Å². The van der Waals surface area contributed by atoms with Crippen molar-refractivity contribution in [2.75, 3.05) is 6.54 Å². The number of benzene rings is 1. The van der Waals surface area contributed by atoms with E-state index >= 15 is 0 Å². The second-order valence-corrected chi connectivity index (χ2v) is 3.96. The molecule has 0 fully saturated rings. The van der Waals surface area contributed by atoms with Gasteiger partial charge in [-0.2, -0.15) is 0 Å². The molecule has 1 aromatic carbocycles. The second kappa shape index (κ2) is 5.27. The van der Waals surface area contributed by atoms with Crippen LogP contribution in [0.3, 0.4) is 0 Å². The molecular formula is C9H10ClNOS. The van der Waals surface area contributed by atoms with Crippen molar-refractivity contribution in [3.63, 3.8) is 0 Å². The largest absolute Gasteiger partial charge is 0.323 e. The van der Waals surface area contributed by atoms with E-state index in [1.165, 1.54) is 11.8 Å². The van der Waals surface area contributed by atoms with Gasteiger partial charge < -0.3 is 5.73 Å². The van der Waals surface area contributed by atoms with E-state index in [0.717, 1.165) is 5.56 Å². The van der Waals surface area contributed by atoms with Gasteiger partial charge in [0, 0.05) is 10.8 Å². The van der Waals surface area contributed by atoms with Gasteiger partial charge in [0.2, 0.25) is 5.12 Å². The molecule has 0 aliphatic rings. The molecule has 1 rings (SSSR count). The summed E-state index contributed by atoms with van der Waals surface area (Å²) in [4.78, 5) is 10.9. The summed E-state index contributed by atoms with van der Waals surface area (Å²) in [7, 11) is 0. The average Bonchev–Trinajstić information content (AvgIpc) is 2.16. The molecule has 0 atom stereocenters. The van der Waals surface area contributed by atoms with Crippen molar-refractivity contribution in [2.45, 2.75) is 5.75 Å². The van der Waals surface area contributed by atoms with Gasteiger partial charge in [-0.05, 0) is 17.7 Å². The van der Waals surface area contributed by atoms with Gasteiger partial charge in [0.15, 0.2) is 0 Å². The number of hydrogen-bond donors (Lipinski definition) is 1. The summed E-state index contributed by atoms with van der Waals surface area (Å²) in [6.45, 7) is 0.0955. The lowest BCUT2D eigenvalue weighted by Crippen LogP contribution is -2.09. The zero-order valence-electron chi connectivity index (χ0n) is 7.00. The van der Waals surface area contributed by atoms with E-state index in [0.29, 0.717) is 10.8 Å². The minimum Gasteiger partial charge on any atom is -0.323 e. The molecule has 2 N–H and O–H groups in total. The predicted molar refractivity (Wildman–Crippen MR) is 56.8 cm³/mol. The maximum absolute atomic E-state index is 10.9. The Morgan fingerprint density at radius 2 is 2.00 bits per heavy atom. The molecule has 0 aliphatic carbocycles. The summed E-state index contributed by atoms with van der Waals surface area (Å²) in [6.07, 6.45) is 0. The van der Waals surface area contributed by atoms with E-state index in [-0.39, 0.29) is 11.7 Å². The molecule has 0 amide bonds. The Bertz CT molecular complexity index is 286. The number of halogens is 1. The third-order valence-corrected chi connectivity index (χ3v) is 2.70. The number of carbonyl (C=O) groups excluding carboxylic acids is 1. The number of rotatable bonds is 3. The van der Waals surface area contributed by atoms with Crippen molar-refractivity contribution < 1.29 is 4.79 Å². The molecule has 1 aromatic rings. The second-order valence-electron chi connectivity index (χ2n) is 2.49. The molecule has 13 heavy (non-hydrogen) atoms. The molecule has 0 bridgehead atoms. The Kier molecular flexibility index (Phi) is 4.28. The van der Waals surface area contributed by atoms with Gasteiger partial charge >= 0.3 is 0 Å². The first-order chi connectivity index (χ1) is 6.22. The first kappa shape index (κ1) is 10.6. The lowest BCUT2D eigenvalue weighted by atomic mass is 10.2. The van der Waals surface area contributed by atoms with Crippen LogP contribution in [0.2, 0.25) is 5.02 Å². The van der Waals surface area contributed by atoms with Gasteiger partial charge in [0.05, 0.1) is 6.54 Å². The summed E-state index contributed by atoms with van der Waals surface area (Å²) in [6, 6.07) is 7.42. The fraction of sp³-hybridized carbons (Fsp3) is 0.222. The van der Waals surface area contributed by atoms with Crippen LogP contribution in [-0.4, -0.2) is 11.7 Å². The third kappa shape index (κ3) is 3.81. The number of nitrogens with two attached hydrogens (primary N) is 1. The Hall–Kier alpha value is -0.510. The molecule has 0 unspecified atom stereocenters. The summed E-state index contributed by atoms with van der Waals surface area (Å²) < 4.78 is 0. The highest BCUT2D eigenvalue weighted by Crippen LogP contribution is 2.15. The highest BCUT2D eigenvalue weighted by atomic mass is 35.5. The monoisotopic (exact) mass is 215 g/mol. The van der Waals surface area contributed by atoms with Crippen LogP contribution in [0.25, 0.3) is 0 Å². The van der Waals surface area contributed by atoms with Crippen LogP contribution in [0.1, 0.15) is 5.56 Å². The SMILES string of the molecule is NCC(=O)SCc1ccc(Cl)cc1.